The molecule has 290 valence electrons. The number of benzene rings is 2. The highest BCUT2D eigenvalue weighted by Crippen LogP contribution is 2.35. The second-order valence-electron chi connectivity index (χ2n) is 15.3. The molecule has 0 unspecified atom stereocenters. The van der Waals surface area contributed by atoms with Crippen LogP contribution in [0.3, 0.4) is 0 Å². The van der Waals surface area contributed by atoms with Gasteiger partial charge in [-0.2, -0.15) is 28.1 Å². The second kappa shape index (κ2) is 18.0. The molecule has 4 aliphatic heterocycles. The van der Waals surface area contributed by atoms with Crippen molar-refractivity contribution in [1.29, 1.82) is 0 Å². The zero-order valence-corrected chi connectivity index (χ0v) is 31.8. The van der Waals surface area contributed by atoms with Crippen LogP contribution in [0.15, 0.2) is 42.5 Å². The van der Waals surface area contributed by atoms with Gasteiger partial charge in [0.2, 0.25) is 11.9 Å². The molecule has 1 aromatic heterocycles. The van der Waals surface area contributed by atoms with E-state index in [9.17, 15) is 18.0 Å². The van der Waals surface area contributed by atoms with Gasteiger partial charge in [-0.1, -0.05) is 58.7 Å². The molecule has 3 aromatic rings. The lowest BCUT2D eigenvalue weighted by atomic mass is 9.75. The average molecular weight is 762 g/mol. The number of hydrogen-bond acceptors (Lipinski definition) is 10. The number of carbonyl (C=O) groups is 1. The molecule has 1 fully saturated rings. The molecule has 2 aromatic carbocycles. The van der Waals surface area contributed by atoms with E-state index in [-0.39, 0.29) is 35.9 Å². The van der Waals surface area contributed by atoms with Gasteiger partial charge in [0.15, 0.2) is 6.61 Å². The average Bonchev–Trinajstić information content (AvgIpc) is 3.09. The molecule has 5 aliphatic rings. The van der Waals surface area contributed by atoms with Gasteiger partial charge in [-0.05, 0) is 84.4 Å². The number of anilines is 3. The normalized spacial score (nSPS) is 21.9. The molecular formula is C38H51ClF3N7O4. The van der Waals surface area contributed by atoms with E-state index < -0.39 is 18.8 Å². The topological polar surface area (TPSA) is 123 Å². The molecule has 1 saturated carbocycles. The summed E-state index contributed by atoms with van der Waals surface area (Å²) in [6, 6.07) is 11.5. The number of rotatable bonds is 6. The Morgan fingerprint density at radius 3 is 2.53 bits per heavy atom. The Labute approximate surface area is 314 Å². The molecule has 0 radical (unpaired) electrons. The van der Waals surface area contributed by atoms with Crippen molar-refractivity contribution in [2.24, 2.45) is 23.2 Å². The highest BCUT2D eigenvalue weighted by molar-refractivity contribution is 6.32. The number of alkyl halides is 3. The second-order valence-corrected chi connectivity index (χ2v) is 15.7. The van der Waals surface area contributed by atoms with Crippen molar-refractivity contribution < 1.29 is 32.2 Å². The fourth-order valence-electron chi connectivity index (χ4n) is 6.74. The number of carbonyl (C=O) groups excluding carboxylic acids is 1. The number of nitrogens with zero attached hydrogens (tertiary/aromatic N) is 4. The van der Waals surface area contributed by atoms with Crippen LogP contribution >= 0.6 is 11.6 Å². The van der Waals surface area contributed by atoms with Crippen LogP contribution in [0.5, 0.6) is 11.8 Å². The summed E-state index contributed by atoms with van der Waals surface area (Å²) in [5, 5.41) is 9.45. The zero-order valence-electron chi connectivity index (χ0n) is 31.1. The first-order valence-electron chi connectivity index (χ1n) is 18.2. The van der Waals surface area contributed by atoms with Crippen molar-refractivity contribution in [3.05, 3.63) is 58.6 Å². The van der Waals surface area contributed by atoms with Gasteiger partial charge < -0.3 is 30.2 Å². The van der Waals surface area contributed by atoms with E-state index in [1.807, 2.05) is 6.07 Å². The van der Waals surface area contributed by atoms with Crippen LogP contribution in [0.1, 0.15) is 76.2 Å². The Morgan fingerprint density at radius 2 is 1.81 bits per heavy atom. The fourth-order valence-corrected chi connectivity index (χ4v) is 7.00. The van der Waals surface area contributed by atoms with Gasteiger partial charge in [-0.3, -0.25) is 9.69 Å². The lowest BCUT2D eigenvalue weighted by Crippen LogP contribution is -2.45. The van der Waals surface area contributed by atoms with Crippen LogP contribution in [0, 0.1) is 23.2 Å². The van der Waals surface area contributed by atoms with Crippen LogP contribution in [0.4, 0.5) is 30.8 Å². The molecule has 15 heteroatoms. The van der Waals surface area contributed by atoms with Gasteiger partial charge in [0.1, 0.15) is 5.75 Å². The summed E-state index contributed by atoms with van der Waals surface area (Å²) in [6.07, 6.45) is -0.178. The minimum Gasteiger partial charge on any atom is -0.492 e. The molecule has 5 heterocycles. The summed E-state index contributed by atoms with van der Waals surface area (Å²) in [5.74, 6) is 1.95. The Hall–Kier alpha value is -3.88. The Morgan fingerprint density at radius 1 is 1.06 bits per heavy atom. The molecule has 6 bridgehead atoms. The summed E-state index contributed by atoms with van der Waals surface area (Å²) >= 11 is 6.61. The first kappa shape index (κ1) is 40.3. The van der Waals surface area contributed by atoms with Crippen molar-refractivity contribution in [2.75, 3.05) is 50.2 Å². The molecule has 0 saturated heterocycles. The summed E-state index contributed by atoms with van der Waals surface area (Å²) in [5.41, 5.74) is 1.42. The van der Waals surface area contributed by atoms with E-state index in [0.29, 0.717) is 66.2 Å². The predicted molar refractivity (Wildman–Crippen MR) is 199 cm³/mol. The van der Waals surface area contributed by atoms with Gasteiger partial charge in [0, 0.05) is 37.4 Å². The molecule has 8 rings (SSSR count). The molecule has 1 amide bonds. The predicted octanol–water partition coefficient (Wildman–Crippen LogP) is 8.10. The Kier molecular flexibility index (Phi) is 13.7. The smallest absolute Gasteiger partial charge is 0.422 e. The zero-order chi connectivity index (χ0) is 38.2. The molecule has 3 N–H and O–H groups in total. The third-order valence-corrected chi connectivity index (χ3v) is 9.81. The van der Waals surface area contributed by atoms with Gasteiger partial charge >= 0.3 is 12.2 Å². The van der Waals surface area contributed by atoms with Crippen molar-refractivity contribution in [3.63, 3.8) is 0 Å². The monoisotopic (exact) mass is 761 g/mol. The minimum absolute atomic E-state index is 0.0181. The lowest BCUT2D eigenvalue weighted by Gasteiger charge is -2.39. The van der Waals surface area contributed by atoms with E-state index in [4.69, 9.17) is 25.8 Å². The molecular weight excluding hydrogens is 711 g/mol. The van der Waals surface area contributed by atoms with Crippen LogP contribution in [-0.4, -0.2) is 77.6 Å². The molecule has 3 atom stereocenters. The van der Waals surface area contributed by atoms with E-state index in [1.54, 1.807) is 36.4 Å². The number of aromatic nitrogens is 3. The Balaban J connectivity index is 1.35. The van der Waals surface area contributed by atoms with Crippen molar-refractivity contribution in [2.45, 2.75) is 79.1 Å². The third kappa shape index (κ3) is 12.6. The minimum atomic E-state index is -4.59. The number of nitrogens with one attached hydrogen (secondary N) is 3. The molecule has 11 nitrogen and oxygen atoms in total. The van der Waals surface area contributed by atoms with Crippen molar-refractivity contribution >= 4 is 35.1 Å². The summed E-state index contributed by atoms with van der Waals surface area (Å²) in [6.45, 7) is 12.5. The lowest BCUT2D eigenvalue weighted by molar-refractivity contribution is -0.154. The van der Waals surface area contributed by atoms with Gasteiger partial charge in [0.05, 0.1) is 24.5 Å². The highest BCUT2D eigenvalue weighted by Gasteiger charge is 2.33. The van der Waals surface area contributed by atoms with Gasteiger partial charge in [0.25, 0.3) is 5.91 Å². The standard InChI is InChI=1S/C38H51ClF3N7O4/c1-24(2)29-13-7-25(3)17-32(29)53-23-49-15-6-16-51-31-14-8-26(18-30(31)39)19-43-34-46-35(48-36(47-34)52-22-38(40,41)42)45-28-11-9-27(10-12-28)33(50)44-20-37(4,5)21-49/h8-12,14,18,24-25,29,32H,6-7,13,15-17,19-23H2,1-5H3,(H,44,50)(H2,43,45,46,47,48)/t25-,29+,32-/m1/s1. The largest absolute Gasteiger partial charge is 0.492 e. The first-order valence-corrected chi connectivity index (χ1v) is 18.6. The van der Waals surface area contributed by atoms with E-state index in [0.717, 1.165) is 24.9 Å². The van der Waals surface area contributed by atoms with Crippen LogP contribution in [-0.2, 0) is 11.3 Å². The van der Waals surface area contributed by atoms with Crippen molar-refractivity contribution in [1.82, 2.24) is 25.2 Å². The maximum Gasteiger partial charge on any atom is 0.422 e. The number of ether oxygens (including phenoxy) is 3. The Bertz CT molecular complexity index is 1660. The van der Waals surface area contributed by atoms with E-state index in [2.05, 4.69) is 70.4 Å². The highest BCUT2D eigenvalue weighted by atomic mass is 35.5. The molecule has 0 spiro atoms. The van der Waals surface area contributed by atoms with E-state index >= 15 is 0 Å². The number of halogens is 4. The molecule has 1 aliphatic carbocycles. The summed E-state index contributed by atoms with van der Waals surface area (Å²) in [7, 11) is 0. The third-order valence-electron chi connectivity index (χ3n) is 9.52. The van der Waals surface area contributed by atoms with Crippen molar-refractivity contribution in [3.8, 4) is 11.8 Å². The van der Waals surface area contributed by atoms with Gasteiger partial charge in [-0.25, -0.2) is 0 Å². The SMILES string of the molecule is CC(C)[C@@H]1CC[C@@H](C)C[C@H]1OCN1CCCOc2ccc(cc2Cl)CNc2nc(nc(OCC(F)(F)F)n2)Nc2ccc(cc2)C(=O)NCC(C)(C)C1. The maximum absolute atomic E-state index is 13.2. The quantitative estimate of drug-likeness (QED) is 0.227. The maximum atomic E-state index is 13.2. The fraction of sp³-hybridized carbons (Fsp3) is 0.579. The molecule has 53 heavy (non-hydrogen) atoms. The summed E-state index contributed by atoms with van der Waals surface area (Å²) < 4.78 is 56.4. The van der Waals surface area contributed by atoms with Crippen LogP contribution in [0.25, 0.3) is 0 Å². The van der Waals surface area contributed by atoms with E-state index in [1.165, 1.54) is 12.8 Å². The van der Waals surface area contributed by atoms with Crippen LogP contribution in [0.2, 0.25) is 5.02 Å². The number of hydrogen-bond donors (Lipinski definition) is 3. The number of amides is 1. The first-order chi connectivity index (χ1) is 25.1. The van der Waals surface area contributed by atoms with Crippen LogP contribution < -0.4 is 25.4 Å². The van der Waals surface area contributed by atoms with Gasteiger partial charge in [-0.15, -0.1) is 0 Å². The summed E-state index contributed by atoms with van der Waals surface area (Å²) in [4.78, 5) is 27.9.